The molecule has 1 heteroatoms. The highest BCUT2D eigenvalue weighted by atomic mass is 127. The fourth-order valence-electron chi connectivity index (χ4n) is 0.673. The van der Waals surface area contributed by atoms with Crippen LogP contribution in [0.4, 0.5) is 0 Å². The minimum absolute atomic E-state index is 0.662. The van der Waals surface area contributed by atoms with Crippen molar-refractivity contribution in [3.8, 4) is 0 Å². The van der Waals surface area contributed by atoms with Gasteiger partial charge in [-0.3, -0.25) is 0 Å². The lowest BCUT2D eigenvalue weighted by atomic mass is 10.00. The number of halogens is 1. The molecule has 1 atom stereocenters. The summed E-state index contributed by atoms with van der Waals surface area (Å²) < 4.78 is 0.785. The molecule has 0 aromatic rings. The van der Waals surface area contributed by atoms with Gasteiger partial charge in [0.2, 0.25) is 0 Å². The Kier molecular flexibility index (Phi) is 5.41. The van der Waals surface area contributed by atoms with E-state index < -0.39 is 0 Å². The molecule has 0 heterocycles. The first-order valence-corrected chi connectivity index (χ1v) is 5.10. The van der Waals surface area contributed by atoms with Gasteiger partial charge in [0.05, 0.1) is 0 Å². The molecule has 0 nitrogen and oxygen atoms in total. The van der Waals surface area contributed by atoms with Gasteiger partial charge in [-0.25, -0.2) is 0 Å². The van der Waals surface area contributed by atoms with E-state index >= 15 is 0 Å². The van der Waals surface area contributed by atoms with Crippen molar-refractivity contribution in [2.75, 3.05) is 0 Å². The third-order valence-electron chi connectivity index (χ3n) is 1.68. The number of alkyl halides is 1. The molecule has 0 amide bonds. The highest BCUT2D eigenvalue weighted by molar-refractivity contribution is 14.1. The van der Waals surface area contributed by atoms with Crippen LogP contribution in [0.2, 0.25) is 0 Å². The van der Waals surface area contributed by atoms with Crippen LogP contribution in [0.1, 0.15) is 33.6 Å². The second-order valence-corrected chi connectivity index (χ2v) is 5.26. The molecule has 0 rings (SSSR count). The van der Waals surface area contributed by atoms with Crippen molar-refractivity contribution in [1.29, 1.82) is 0 Å². The second kappa shape index (κ2) is 5.16. The van der Waals surface area contributed by atoms with Gasteiger partial charge in [-0.05, 0) is 18.8 Å². The van der Waals surface area contributed by atoms with Crippen LogP contribution in [0.5, 0.6) is 0 Å². The molecule has 0 saturated heterocycles. The Morgan fingerprint density at radius 2 is 1.90 bits per heavy atom. The Morgan fingerprint density at radius 3 is 2.20 bits per heavy atom. The first kappa shape index (κ1) is 10.5. The fraction of sp³-hybridized carbons (Fsp3) is 0.778. The van der Waals surface area contributed by atoms with E-state index in [1.165, 1.54) is 18.4 Å². The predicted octanol–water partition coefficient (Wildman–Crippen LogP) is 3.80. The highest BCUT2D eigenvalue weighted by Gasteiger charge is 2.01. The van der Waals surface area contributed by atoms with Gasteiger partial charge in [0.1, 0.15) is 0 Å². The summed E-state index contributed by atoms with van der Waals surface area (Å²) in [6.07, 6.45) is 2.47. The molecule has 0 fully saturated rings. The van der Waals surface area contributed by atoms with Gasteiger partial charge < -0.3 is 0 Å². The first-order valence-electron chi connectivity index (χ1n) is 3.85. The Bertz CT molecular complexity index is 103. The van der Waals surface area contributed by atoms with E-state index in [2.05, 4.69) is 49.9 Å². The number of hydrogen-bond donors (Lipinski definition) is 0. The lowest BCUT2D eigenvalue weighted by Crippen LogP contribution is -1.96. The quantitative estimate of drug-likeness (QED) is 0.405. The van der Waals surface area contributed by atoms with Gasteiger partial charge in [-0.2, -0.15) is 0 Å². The monoisotopic (exact) mass is 252 g/mol. The first-order chi connectivity index (χ1) is 4.54. The molecule has 60 valence electrons. The number of allylic oxidation sites excluding steroid dienone is 1. The zero-order chi connectivity index (χ0) is 8.15. The standard InChI is InChI=1S/C9H17I/c1-7(2)8(3)5-6-9(4)10/h7,9H,3,5-6H2,1-2,4H3/t9-/m0/s1. The van der Waals surface area contributed by atoms with Gasteiger partial charge >= 0.3 is 0 Å². The summed E-state index contributed by atoms with van der Waals surface area (Å²) in [6.45, 7) is 10.7. The molecule has 0 aliphatic carbocycles. The number of hydrogen-bond acceptors (Lipinski definition) is 0. The van der Waals surface area contributed by atoms with Crippen molar-refractivity contribution in [2.24, 2.45) is 5.92 Å². The van der Waals surface area contributed by atoms with Crippen LogP contribution in [0.25, 0.3) is 0 Å². The average molecular weight is 252 g/mol. The topological polar surface area (TPSA) is 0 Å². The van der Waals surface area contributed by atoms with E-state index in [-0.39, 0.29) is 0 Å². The molecular formula is C9H17I. The lowest BCUT2D eigenvalue weighted by Gasteiger charge is -2.09. The van der Waals surface area contributed by atoms with Crippen molar-refractivity contribution in [1.82, 2.24) is 0 Å². The molecule has 0 aromatic heterocycles. The maximum atomic E-state index is 4.02. The Labute approximate surface area is 78.2 Å². The minimum atomic E-state index is 0.662. The molecule has 0 aromatic carbocycles. The van der Waals surface area contributed by atoms with E-state index in [1.54, 1.807) is 0 Å². The van der Waals surface area contributed by atoms with Crippen LogP contribution in [0.3, 0.4) is 0 Å². The summed E-state index contributed by atoms with van der Waals surface area (Å²) in [5, 5.41) is 0. The SMILES string of the molecule is C=C(CC[C@H](C)I)C(C)C. The van der Waals surface area contributed by atoms with E-state index in [4.69, 9.17) is 0 Å². The smallest absolute Gasteiger partial charge is 0.00843 e. The van der Waals surface area contributed by atoms with E-state index in [9.17, 15) is 0 Å². The molecule has 10 heavy (non-hydrogen) atoms. The van der Waals surface area contributed by atoms with Crippen LogP contribution in [-0.4, -0.2) is 3.92 Å². The Morgan fingerprint density at radius 1 is 1.40 bits per heavy atom. The lowest BCUT2D eigenvalue weighted by molar-refractivity contribution is 0.689. The van der Waals surface area contributed by atoms with E-state index in [0.717, 1.165) is 3.92 Å². The summed E-state index contributed by atoms with van der Waals surface area (Å²) >= 11 is 2.46. The van der Waals surface area contributed by atoms with Crippen LogP contribution in [0, 0.1) is 5.92 Å². The van der Waals surface area contributed by atoms with E-state index in [0.29, 0.717) is 5.92 Å². The van der Waals surface area contributed by atoms with Crippen molar-refractivity contribution in [3.63, 3.8) is 0 Å². The van der Waals surface area contributed by atoms with Crippen LogP contribution in [-0.2, 0) is 0 Å². The van der Waals surface area contributed by atoms with Crippen LogP contribution < -0.4 is 0 Å². The molecule has 0 aliphatic heterocycles. The fourth-order valence-corrected chi connectivity index (χ4v) is 0.984. The number of rotatable bonds is 4. The van der Waals surface area contributed by atoms with Gasteiger partial charge in [-0.15, -0.1) is 0 Å². The average Bonchev–Trinajstić information content (AvgIpc) is 1.82. The third kappa shape index (κ3) is 5.27. The zero-order valence-electron chi connectivity index (χ0n) is 7.15. The van der Waals surface area contributed by atoms with Crippen molar-refractivity contribution < 1.29 is 0 Å². The molecule has 0 saturated carbocycles. The summed E-state index contributed by atoms with van der Waals surface area (Å²) in [4.78, 5) is 0. The largest absolute Gasteiger partial charge is 0.0996 e. The summed E-state index contributed by atoms with van der Waals surface area (Å²) in [7, 11) is 0. The van der Waals surface area contributed by atoms with Crippen LogP contribution >= 0.6 is 22.6 Å². The molecule has 0 aliphatic rings. The molecule has 0 radical (unpaired) electrons. The minimum Gasteiger partial charge on any atom is -0.0996 e. The molecular weight excluding hydrogens is 235 g/mol. The van der Waals surface area contributed by atoms with Gasteiger partial charge in [0, 0.05) is 3.92 Å². The van der Waals surface area contributed by atoms with Crippen LogP contribution in [0.15, 0.2) is 12.2 Å². The van der Waals surface area contributed by atoms with Crippen molar-refractivity contribution in [3.05, 3.63) is 12.2 Å². The predicted molar refractivity (Wildman–Crippen MR) is 56.7 cm³/mol. The maximum absolute atomic E-state index is 4.02. The molecule has 0 N–H and O–H groups in total. The molecule has 0 spiro atoms. The maximum Gasteiger partial charge on any atom is 0.00843 e. The van der Waals surface area contributed by atoms with Crippen molar-refractivity contribution in [2.45, 2.75) is 37.5 Å². The summed E-state index contributed by atoms with van der Waals surface area (Å²) in [5.74, 6) is 0.662. The van der Waals surface area contributed by atoms with Gasteiger partial charge in [0.15, 0.2) is 0 Å². The molecule has 0 unspecified atom stereocenters. The van der Waals surface area contributed by atoms with Crippen molar-refractivity contribution >= 4 is 22.6 Å². The van der Waals surface area contributed by atoms with Gasteiger partial charge in [-0.1, -0.05) is 55.5 Å². The Balaban J connectivity index is 3.40. The van der Waals surface area contributed by atoms with Gasteiger partial charge in [0.25, 0.3) is 0 Å². The normalized spacial score (nSPS) is 13.7. The second-order valence-electron chi connectivity index (χ2n) is 3.13. The summed E-state index contributed by atoms with van der Waals surface area (Å²) in [6, 6.07) is 0. The zero-order valence-corrected chi connectivity index (χ0v) is 9.31. The third-order valence-corrected chi connectivity index (χ3v) is 2.30. The highest BCUT2D eigenvalue weighted by Crippen LogP contribution is 2.17. The Hall–Kier alpha value is 0.470. The van der Waals surface area contributed by atoms with E-state index in [1.807, 2.05) is 0 Å². The molecule has 0 bridgehead atoms. The summed E-state index contributed by atoms with van der Waals surface area (Å²) in [5.41, 5.74) is 1.39.